The van der Waals surface area contributed by atoms with Gasteiger partial charge >= 0.3 is 34.7 Å². The fourth-order valence-electron chi connectivity index (χ4n) is 2.07. The Kier molecular flexibility index (Phi) is 19.5. The van der Waals surface area contributed by atoms with E-state index < -0.39 is 0 Å². The van der Waals surface area contributed by atoms with Crippen LogP contribution in [0.4, 0.5) is 0 Å². The van der Waals surface area contributed by atoms with E-state index in [1.54, 1.807) is 0 Å². The van der Waals surface area contributed by atoms with Gasteiger partial charge in [-0.15, -0.1) is 0 Å². The number of ketones is 6. The summed E-state index contributed by atoms with van der Waals surface area (Å²) in [5.41, 5.74) is -1.50. The largest absolute Gasteiger partial charge is 0.311 e. The molecule has 0 aromatic heterocycles. The van der Waals surface area contributed by atoms with Gasteiger partial charge in [-0.2, -0.15) is 0 Å². The van der Waals surface area contributed by atoms with Crippen LogP contribution in [0, 0.1) is 72.4 Å². The molecule has 40 heavy (non-hydrogen) atoms. The number of hydrogen-bond acceptors (Lipinski definition) is 0. The van der Waals surface area contributed by atoms with Crippen molar-refractivity contribution >= 4 is 34.7 Å². The summed E-state index contributed by atoms with van der Waals surface area (Å²) in [6.07, 6.45) is 0.854. The van der Waals surface area contributed by atoms with Crippen molar-refractivity contribution in [3.63, 3.8) is 0 Å². The molecule has 6 N–H and O–H groups in total. The third-order valence-electron chi connectivity index (χ3n) is 6.20. The van der Waals surface area contributed by atoms with Crippen LogP contribution in [0.5, 0.6) is 0 Å². The van der Waals surface area contributed by atoms with E-state index in [-0.39, 0.29) is 91.7 Å². The van der Waals surface area contributed by atoms with Gasteiger partial charge in [-0.1, -0.05) is 0 Å². The average Bonchev–Trinajstić information content (AvgIpc) is 2.64. The Morgan fingerprint density at radius 3 is 0.400 bits per heavy atom. The Morgan fingerprint density at radius 2 is 0.350 bits per heavy atom. The maximum absolute atomic E-state index is 9.66. The fraction of sp³-hybridized carbons (Fsp3) is 0.818. The second kappa shape index (κ2) is 16.8. The third kappa shape index (κ3) is 22.0. The van der Waals surface area contributed by atoms with Gasteiger partial charge in [0.05, 0.1) is 32.5 Å². The van der Waals surface area contributed by atoms with Crippen LogP contribution >= 0.6 is 0 Å². The first-order valence-corrected chi connectivity index (χ1v) is 14.0. The van der Waals surface area contributed by atoms with E-state index in [4.69, 9.17) is 0 Å². The van der Waals surface area contributed by atoms with Crippen LogP contribution in [0.1, 0.15) is 144 Å². The zero-order chi connectivity index (χ0) is 32.6. The number of carbonyl (C=O) groups excluding carboxylic acids is 6. The third-order valence-corrected chi connectivity index (χ3v) is 6.20. The van der Waals surface area contributed by atoms with E-state index in [9.17, 15) is 28.8 Å². The summed E-state index contributed by atoms with van der Waals surface area (Å²) in [5.74, 6) is 2.00. The SMILES string of the molecule is CC(C)(C)C(=[OH+])CC(=[OH+])C(C)(C)C.CC(C)(C)C(=[OH+])CC(=[OH+])C(C)(C)C.CC(C)(C)C(=[OH+])CC(=[OH+])C(C)(C)C.[Gd]. The molecule has 0 fully saturated rings. The van der Waals surface area contributed by atoms with Crippen LogP contribution in [-0.4, -0.2) is 63.5 Å². The molecule has 0 aromatic carbocycles. The van der Waals surface area contributed by atoms with Crippen molar-refractivity contribution in [3.8, 4) is 0 Å². The Balaban J connectivity index is -0.000000240. The summed E-state index contributed by atoms with van der Waals surface area (Å²) in [6.45, 7) is 34.7. The summed E-state index contributed by atoms with van der Waals surface area (Å²) in [4.78, 5) is 57.9. The minimum absolute atomic E-state index is 0. The van der Waals surface area contributed by atoms with Gasteiger partial charge in [-0.05, 0) is 125 Å². The maximum Gasteiger partial charge on any atom is 0.311 e. The van der Waals surface area contributed by atoms with E-state index in [0.717, 1.165) is 0 Å². The van der Waals surface area contributed by atoms with Crippen molar-refractivity contribution in [2.75, 3.05) is 0 Å². The van der Waals surface area contributed by atoms with E-state index in [1.165, 1.54) is 0 Å². The summed E-state index contributed by atoms with van der Waals surface area (Å²) in [5, 5.41) is 0. The van der Waals surface area contributed by atoms with Gasteiger partial charge in [0.15, 0.2) is 19.3 Å². The zero-order valence-corrected chi connectivity index (χ0v) is 31.4. The molecule has 0 radical (unpaired) electrons. The predicted octanol–water partition coefficient (Wildman–Crippen LogP) is 7.68. The molecule has 0 aromatic rings. The topological polar surface area (TPSA) is 128 Å². The summed E-state index contributed by atoms with van der Waals surface area (Å²) in [7, 11) is 0. The molecule has 6 nitrogen and oxygen atoms in total. The average molecular weight is 716 g/mol. The van der Waals surface area contributed by atoms with E-state index >= 15 is 0 Å². The molecule has 0 unspecified atom stereocenters. The first-order chi connectivity index (χ1) is 16.6. The molecule has 0 aliphatic carbocycles. The molecule has 0 bridgehead atoms. The van der Waals surface area contributed by atoms with Gasteiger partial charge in [-0.25, -0.2) is 0 Å². The summed E-state index contributed by atoms with van der Waals surface area (Å²) in [6, 6.07) is 0. The van der Waals surface area contributed by atoms with Gasteiger partial charge in [0.25, 0.3) is 0 Å². The van der Waals surface area contributed by atoms with Crippen LogP contribution in [0.25, 0.3) is 0 Å². The van der Waals surface area contributed by atoms with E-state index in [1.807, 2.05) is 125 Å². The van der Waals surface area contributed by atoms with Crippen molar-refractivity contribution < 1.29 is 68.7 Å². The second-order valence-electron chi connectivity index (χ2n) is 16.7. The predicted molar refractivity (Wildman–Crippen MR) is 172 cm³/mol. The zero-order valence-electron chi connectivity index (χ0n) is 29.2. The molecule has 0 heterocycles. The molecule has 0 rings (SSSR count). The van der Waals surface area contributed by atoms with Crippen LogP contribution in [-0.2, 0) is 0 Å². The number of hydrogen-bond donors (Lipinski definition) is 0. The molecular weight excluding hydrogens is 650 g/mol. The second-order valence-corrected chi connectivity index (χ2v) is 16.7. The van der Waals surface area contributed by atoms with E-state index in [2.05, 4.69) is 0 Å². The Labute approximate surface area is 278 Å². The van der Waals surface area contributed by atoms with Gasteiger partial charge in [0.2, 0.25) is 0 Å². The van der Waals surface area contributed by atoms with Gasteiger partial charge in [-0.3, -0.25) is 28.8 Å². The molecule has 0 amide bonds. The van der Waals surface area contributed by atoms with Crippen LogP contribution in [0.2, 0.25) is 0 Å². The molecule has 236 valence electrons. The minimum atomic E-state index is -0.251. The molecule has 0 saturated carbocycles. The number of rotatable bonds is 6. The molecular formula is C33H66GdO6+6. The van der Waals surface area contributed by atoms with Crippen molar-refractivity contribution in [1.82, 2.24) is 0 Å². The smallest absolute Gasteiger partial charge is 0.282 e. The molecule has 0 atom stereocenters. The quantitative estimate of drug-likeness (QED) is 0.198. The fourth-order valence-corrected chi connectivity index (χ4v) is 2.07. The summed E-state index contributed by atoms with van der Waals surface area (Å²) < 4.78 is 0. The summed E-state index contributed by atoms with van der Waals surface area (Å²) >= 11 is 0. The normalized spacial score (nSPS) is 12.4. The van der Waals surface area contributed by atoms with Gasteiger partial charge < -0.3 is 0 Å². The molecule has 0 spiro atoms. The maximum atomic E-state index is 9.66. The van der Waals surface area contributed by atoms with Gasteiger partial charge in [0.1, 0.15) is 0 Å². The van der Waals surface area contributed by atoms with Crippen LogP contribution in [0.15, 0.2) is 0 Å². The first kappa shape index (κ1) is 46.3. The van der Waals surface area contributed by atoms with Crippen molar-refractivity contribution in [3.05, 3.63) is 0 Å². The standard InChI is InChI=1S/3C11H20O2.Gd/c3*1-10(2,3)8(12)7-9(13)11(4,5)6;/h3*7H2,1-6H3;/p+6. The first-order valence-electron chi connectivity index (χ1n) is 14.0. The molecule has 7 heteroatoms. The van der Waals surface area contributed by atoms with Crippen LogP contribution < -0.4 is 0 Å². The van der Waals surface area contributed by atoms with Crippen molar-refractivity contribution in [2.24, 2.45) is 32.5 Å². The van der Waals surface area contributed by atoms with Crippen LogP contribution in [0.3, 0.4) is 0 Å². The molecule has 0 aliphatic heterocycles. The van der Waals surface area contributed by atoms with E-state index in [0.29, 0.717) is 34.7 Å². The minimum Gasteiger partial charge on any atom is -0.282 e. The van der Waals surface area contributed by atoms with Crippen molar-refractivity contribution in [1.29, 1.82) is 0 Å². The Morgan fingerprint density at radius 1 is 0.275 bits per heavy atom. The van der Waals surface area contributed by atoms with Gasteiger partial charge in [0, 0.05) is 39.9 Å². The monoisotopic (exact) mass is 716 g/mol. The Hall–Kier alpha value is -0.655. The molecule has 0 aliphatic rings. The Bertz CT molecular complexity index is 693. The van der Waals surface area contributed by atoms with Crippen molar-refractivity contribution in [2.45, 2.75) is 144 Å². The molecule has 0 saturated heterocycles.